The van der Waals surface area contributed by atoms with Gasteiger partial charge in [0.2, 0.25) is 0 Å². The van der Waals surface area contributed by atoms with Crippen LogP contribution in [0.5, 0.6) is 11.5 Å². The minimum atomic E-state index is -0.772. The van der Waals surface area contributed by atoms with E-state index in [4.69, 9.17) is 23.2 Å². The molecule has 44 heavy (non-hydrogen) atoms. The maximum atomic E-state index is 12.1. The monoisotopic (exact) mass is 652 g/mol. The summed E-state index contributed by atoms with van der Waals surface area (Å²) in [6.45, 7) is 3.06. The lowest BCUT2D eigenvalue weighted by molar-refractivity contribution is -0.139. The van der Waals surface area contributed by atoms with Gasteiger partial charge in [0.25, 0.3) is 0 Å². The van der Waals surface area contributed by atoms with Crippen LogP contribution in [0.1, 0.15) is 22.3 Å². The van der Waals surface area contributed by atoms with Crippen LogP contribution in [-0.2, 0) is 45.4 Å². The number of carbonyl (C=O) groups is 4. The highest BCUT2D eigenvalue weighted by Crippen LogP contribution is 2.28. The third-order valence-electron chi connectivity index (χ3n) is 6.49. The second-order valence-corrected chi connectivity index (χ2v) is 10.7. The van der Waals surface area contributed by atoms with Crippen LogP contribution in [0.2, 0.25) is 10.0 Å². The average Bonchev–Trinajstić information content (AvgIpc) is 2.99. The summed E-state index contributed by atoms with van der Waals surface area (Å²) >= 11 is 12.4. The van der Waals surface area contributed by atoms with Crippen molar-refractivity contribution in [1.29, 1.82) is 0 Å². The first kappa shape index (κ1) is 34.8. The van der Waals surface area contributed by atoms with E-state index in [1.807, 2.05) is 0 Å². The van der Waals surface area contributed by atoms with E-state index in [2.05, 4.69) is 42.5 Å². The predicted octanol–water partition coefficient (Wildman–Crippen LogP) is -1.06. The van der Waals surface area contributed by atoms with Gasteiger partial charge < -0.3 is 52.7 Å². The molecule has 2 aromatic carbocycles. The molecule has 14 nitrogen and oxygen atoms in total. The summed E-state index contributed by atoms with van der Waals surface area (Å²) < 4.78 is 0. The molecule has 1 aliphatic rings. The van der Waals surface area contributed by atoms with Crippen LogP contribution in [0.4, 0.5) is 0 Å². The first-order valence-electron chi connectivity index (χ1n) is 14.1. The van der Waals surface area contributed by atoms with Crippen LogP contribution in [0.15, 0.2) is 24.3 Å². The molecule has 0 spiro atoms. The molecule has 0 radical (unpaired) electrons. The zero-order valence-electron chi connectivity index (χ0n) is 24.1. The molecule has 4 bridgehead atoms. The lowest BCUT2D eigenvalue weighted by Crippen LogP contribution is -2.44. The molecule has 10 N–H and O–H groups in total. The number of amides is 4. The van der Waals surface area contributed by atoms with E-state index in [0.29, 0.717) is 58.5 Å². The Hall–Kier alpha value is -3.66. The number of halogens is 2. The molecule has 0 aromatic heterocycles. The molecule has 1 heterocycles. The Balaban J connectivity index is 1.59. The molecule has 2 aromatic rings. The number of phenolic OH excluding ortho intramolecular Hbond substituents is 2. The summed E-state index contributed by atoms with van der Waals surface area (Å²) in [4.78, 5) is 48.4. The number of nitrogens with one attached hydrogen (secondary N) is 8. The Morgan fingerprint density at radius 2 is 0.659 bits per heavy atom. The third-order valence-corrected chi connectivity index (χ3v) is 6.93. The maximum Gasteiger partial charge on any atom is 0.309 e. The van der Waals surface area contributed by atoms with Gasteiger partial charge in [-0.05, 0) is 24.3 Å². The van der Waals surface area contributed by atoms with Gasteiger partial charge in [0.1, 0.15) is 11.5 Å². The van der Waals surface area contributed by atoms with E-state index in [-0.39, 0.29) is 63.9 Å². The minimum absolute atomic E-state index is 0.0497. The number of phenols is 2. The number of carbonyl (C=O) groups excluding carboxylic acids is 4. The summed E-state index contributed by atoms with van der Waals surface area (Å²) in [6.07, 6.45) is 0. The van der Waals surface area contributed by atoms with Crippen molar-refractivity contribution >= 4 is 46.8 Å². The van der Waals surface area contributed by atoms with Crippen molar-refractivity contribution in [3.63, 3.8) is 0 Å². The Morgan fingerprint density at radius 3 is 0.886 bits per heavy atom. The highest BCUT2D eigenvalue weighted by atomic mass is 35.5. The first-order valence-corrected chi connectivity index (χ1v) is 14.9. The van der Waals surface area contributed by atoms with Crippen molar-refractivity contribution in [3.8, 4) is 11.5 Å². The number of hydrogen-bond acceptors (Lipinski definition) is 10. The van der Waals surface area contributed by atoms with Crippen LogP contribution >= 0.6 is 23.2 Å². The molecule has 0 saturated carbocycles. The molecular weight excluding hydrogens is 615 g/mol. The minimum Gasteiger partial charge on any atom is -0.507 e. The third kappa shape index (κ3) is 11.4. The van der Waals surface area contributed by atoms with Gasteiger partial charge in [0.15, 0.2) is 0 Å². The lowest BCUT2D eigenvalue weighted by atomic mass is 10.1. The summed E-state index contributed by atoms with van der Waals surface area (Å²) in [5.74, 6) is -2.99. The molecule has 0 atom stereocenters. The van der Waals surface area contributed by atoms with Gasteiger partial charge in [-0.25, -0.2) is 0 Å². The highest BCUT2D eigenvalue weighted by molar-refractivity contribution is 6.35. The fourth-order valence-corrected chi connectivity index (χ4v) is 4.77. The van der Waals surface area contributed by atoms with E-state index in [0.717, 1.165) is 0 Å². The van der Waals surface area contributed by atoms with E-state index in [9.17, 15) is 29.4 Å². The van der Waals surface area contributed by atoms with E-state index < -0.39 is 23.6 Å². The first-order chi connectivity index (χ1) is 21.2. The molecule has 0 unspecified atom stereocenters. The van der Waals surface area contributed by atoms with Crippen LogP contribution in [0.3, 0.4) is 0 Å². The van der Waals surface area contributed by atoms with Crippen molar-refractivity contribution in [2.45, 2.75) is 26.2 Å². The Labute approximate surface area is 265 Å². The van der Waals surface area contributed by atoms with Crippen molar-refractivity contribution in [2.75, 3.05) is 52.4 Å². The lowest BCUT2D eigenvalue weighted by Gasteiger charge is -2.14. The Bertz CT molecular complexity index is 1140. The normalized spacial score (nSPS) is 17.9. The summed E-state index contributed by atoms with van der Waals surface area (Å²) in [5, 5.41) is 44.6. The van der Waals surface area contributed by atoms with Crippen molar-refractivity contribution in [3.05, 3.63) is 56.6 Å². The Morgan fingerprint density at radius 1 is 0.432 bits per heavy atom. The van der Waals surface area contributed by atoms with Gasteiger partial charge in [-0.1, -0.05) is 23.2 Å². The van der Waals surface area contributed by atoms with E-state index in [1.165, 1.54) is 0 Å². The van der Waals surface area contributed by atoms with Gasteiger partial charge in [-0.2, -0.15) is 0 Å². The topological polar surface area (TPSA) is 205 Å². The van der Waals surface area contributed by atoms with E-state index in [1.54, 1.807) is 24.3 Å². The number of fused-ring (bicyclic) bond motifs is 4. The molecular formula is C28H38Cl2N8O6. The quantitative estimate of drug-likeness (QED) is 0.156. The fourth-order valence-electron chi connectivity index (χ4n) is 4.25. The van der Waals surface area contributed by atoms with Crippen LogP contribution in [-0.4, -0.2) is 86.2 Å². The summed E-state index contributed by atoms with van der Waals surface area (Å²) in [5.41, 5.74) is 2.19. The van der Waals surface area contributed by atoms with E-state index >= 15 is 0 Å². The van der Waals surface area contributed by atoms with Crippen molar-refractivity contribution < 1.29 is 29.4 Å². The summed E-state index contributed by atoms with van der Waals surface area (Å²) in [6, 6.07) is 6.49. The SMILES string of the molecule is O=C1NCCNCc2cc(Cl)cc(c2O)CNCCNC(=O)C(=O)NCCNCc2cc(Cl)cc(c2O)CNCCNC1=O. The number of benzene rings is 2. The predicted molar refractivity (Wildman–Crippen MR) is 165 cm³/mol. The summed E-state index contributed by atoms with van der Waals surface area (Å²) in [7, 11) is 0. The van der Waals surface area contributed by atoms with Crippen molar-refractivity contribution in [2.24, 2.45) is 0 Å². The second kappa shape index (κ2) is 18.2. The van der Waals surface area contributed by atoms with Gasteiger partial charge in [-0.3, -0.25) is 19.2 Å². The molecule has 4 amide bonds. The fraction of sp³-hybridized carbons (Fsp3) is 0.429. The number of rotatable bonds is 0. The number of hydrogen-bond donors (Lipinski definition) is 10. The van der Waals surface area contributed by atoms with Gasteiger partial charge >= 0.3 is 23.6 Å². The van der Waals surface area contributed by atoms with Crippen LogP contribution in [0.25, 0.3) is 0 Å². The maximum absolute atomic E-state index is 12.1. The van der Waals surface area contributed by atoms with Crippen LogP contribution < -0.4 is 42.5 Å². The van der Waals surface area contributed by atoms with Crippen LogP contribution in [0, 0.1) is 0 Å². The van der Waals surface area contributed by atoms with Crippen molar-refractivity contribution in [1.82, 2.24) is 42.5 Å². The smallest absolute Gasteiger partial charge is 0.309 e. The van der Waals surface area contributed by atoms with Gasteiger partial charge in [-0.15, -0.1) is 0 Å². The van der Waals surface area contributed by atoms with Gasteiger partial charge in [0, 0.05) is 111 Å². The molecule has 0 fully saturated rings. The molecule has 3 rings (SSSR count). The molecule has 240 valence electrons. The zero-order valence-corrected chi connectivity index (χ0v) is 25.6. The second-order valence-electron chi connectivity index (χ2n) is 9.88. The molecule has 16 heteroatoms. The molecule has 1 aliphatic heterocycles. The standard InChI is InChI=1S/C28H38Cl2N8O6/c29-21-9-17-13-31-1-5-35-25(41)26(42)36-6-2-33-15-19-11-22(30)12-20(24(19)40)16-34-4-8-38-28(44)27(43)37-7-3-32-14-18(10-21)23(17)39/h9-12,31-34,39-40H,1-8,13-16H2,(H,35,41)(H,36,42)(H,37,43)(H,38,44). The molecule has 0 saturated heterocycles. The highest BCUT2D eigenvalue weighted by Gasteiger charge is 2.15. The average molecular weight is 654 g/mol. The number of aromatic hydroxyl groups is 2. The van der Waals surface area contributed by atoms with Gasteiger partial charge in [0.05, 0.1) is 0 Å². The largest absolute Gasteiger partial charge is 0.507 e. The zero-order chi connectivity index (χ0) is 31.9. The Kier molecular flexibility index (Phi) is 14.4. The molecule has 0 aliphatic carbocycles.